The van der Waals surface area contributed by atoms with E-state index in [1.165, 1.54) is 4.31 Å². The lowest BCUT2D eigenvalue weighted by Crippen LogP contribution is -2.54. The minimum absolute atomic E-state index is 0.0571. The molecule has 2 aliphatic heterocycles. The first kappa shape index (κ1) is 24.4. The van der Waals surface area contributed by atoms with E-state index in [-0.39, 0.29) is 22.6 Å². The molecule has 2 aromatic carbocycles. The summed E-state index contributed by atoms with van der Waals surface area (Å²) in [6.07, 6.45) is 2.97. The Balaban J connectivity index is 1.49. The molecular weight excluding hydrogens is 450 g/mol. The number of rotatable bonds is 6. The van der Waals surface area contributed by atoms with Crippen molar-refractivity contribution in [3.8, 4) is 0 Å². The fraction of sp³-hybridized carbons (Fsp3) is 0.462. The molecule has 4 rings (SSSR count). The van der Waals surface area contributed by atoms with E-state index in [1.54, 1.807) is 30.3 Å². The van der Waals surface area contributed by atoms with Crippen LogP contribution in [0.25, 0.3) is 0 Å². The van der Waals surface area contributed by atoms with Gasteiger partial charge < -0.3 is 10.2 Å². The minimum Gasteiger partial charge on any atom is -0.341 e. The summed E-state index contributed by atoms with van der Waals surface area (Å²) in [6, 6.07) is 13.5. The second-order valence-electron chi connectivity index (χ2n) is 9.41. The van der Waals surface area contributed by atoms with Gasteiger partial charge in [0, 0.05) is 31.7 Å². The Labute approximate surface area is 202 Å². The molecule has 0 spiro atoms. The zero-order chi connectivity index (χ0) is 24.3. The van der Waals surface area contributed by atoms with Gasteiger partial charge in [0.2, 0.25) is 15.9 Å². The Kier molecular flexibility index (Phi) is 7.38. The van der Waals surface area contributed by atoms with Crippen LogP contribution >= 0.6 is 0 Å². The SMILES string of the molecule is Cc1ccc(S(=O)(=O)N2CCC(C(NC(=O)c3cccc(C)c3)C(=O)N3CCCC3)CC2)cc1. The molecule has 2 fully saturated rings. The number of hydrogen-bond acceptors (Lipinski definition) is 4. The number of likely N-dealkylation sites (tertiary alicyclic amines) is 1. The number of amides is 2. The maximum absolute atomic E-state index is 13.4. The van der Waals surface area contributed by atoms with Gasteiger partial charge >= 0.3 is 0 Å². The molecule has 8 heteroatoms. The summed E-state index contributed by atoms with van der Waals surface area (Å²) in [6.45, 7) is 5.90. The first-order valence-corrected chi connectivity index (χ1v) is 13.4. The van der Waals surface area contributed by atoms with Crippen LogP contribution in [0, 0.1) is 19.8 Å². The van der Waals surface area contributed by atoms with Crippen molar-refractivity contribution in [2.75, 3.05) is 26.2 Å². The molecule has 2 heterocycles. The molecule has 0 saturated carbocycles. The van der Waals surface area contributed by atoms with Crippen LogP contribution in [0.1, 0.15) is 47.2 Å². The van der Waals surface area contributed by atoms with E-state index < -0.39 is 16.1 Å². The number of sulfonamides is 1. The van der Waals surface area contributed by atoms with Crippen LogP contribution in [0.4, 0.5) is 0 Å². The van der Waals surface area contributed by atoms with E-state index in [4.69, 9.17) is 0 Å². The number of carbonyl (C=O) groups excluding carboxylic acids is 2. The molecule has 182 valence electrons. The highest BCUT2D eigenvalue weighted by atomic mass is 32.2. The fourth-order valence-corrected chi connectivity index (χ4v) is 6.30. The number of nitrogens with zero attached hydrogens (tertiary/aromatic N) is 2. The van der Waals surface area contributed by atoms with E-state index in [2.05, 4.69) is 5.32 Å². The van der Waals surface area contributed by atoms with Crippen molar-refractivity contribution < 1.29 is 18.0 Å². The second kappa shape index (κ2) is 10.3. The molecule has 34 heavy (non-hydrogen) atoms. The summed E-state index contributed by atoms with van der Waals surface area (Å²) in [5.41, 5.74) is 2.51. The molecule has 2 amide bonds. The Morgan fingerprint density at radius 3 is 2.18 bits per heavy atom. The molecule has 0 bridgehead atoms. The quantitative estimate of drug-likeness (QED) is 0.684. The molecule has 1 unspecified atom stereocenters. The first-order chi connectivity index (χ1) is 16.3. The van der Waals surface area contributed by atoms with Crippen LogP contribution < -0.4 is 5.32 Å². The van der Waals surface area contributed by atoms with Crippen LogP contribution in [-0.2, 0) is 14.8 Å². The van der Waals surface area contributed by atoms with Gasteiger partial charge in [-0.1, -0.05) is 35.4 Å². The molecule has 2 aromatic rings. The number of benzene rings is 2. The zero-order valence-corrected chi connectivity index (χ0v) is 20.7. The Bertz CT molecular complexity index is 1130. The van der Waals surface area contributed by atoms with Gasteiger partial charge in [0.25, 0.3) is 5.91 Å². The Hall–Kier alpha value is -2.71. The maximum Gasteiger partial charge on any atom is 0.251 e. The highest BCUT2D eigenvalue weighted by Gasteiger charge is 2.38. The van der Waals surface area contributed by atoms with Crippen molar-refractivity contribution in [3.63, 3.8) is 0 Å². The average Bonchev–Trinajstić information content (AvgIpc) is 3.37. The van der Waals surface area contributed by atoms with Crippen LogP contribution in [0.3, 0.4) is 0 Å². The van der Waals surface area contributed by atoms with Gasteiger partial charge in [-0.2, -0.15) is 4.31 Å². The monoisotopic (exact) mass is 483 g/mol. The number of aryl methyl sites for hydroxylation is 2. The average molecular weight is 484 g/mol. The smallest absolute Gasteiger partial charge is 0.251 e. The van der Waals surface area contributed by atoms with Gasteiger partial charge in [0.05, 0.1) is 4.90 Å². The largest absolute Gasteiger partial charge is 0.341 e. The van der Waals surface area contributed by atoms with Gasteiger partial charge in [0.1, 0.15) is 6.04 Å². The molecule has 0 aliphatic carbocycles. The van der Waals surface area contributed by atoms with Crippen molar-refractivity contribution in [3.05, 3.63) is 65.2 Å². The Morgan fingerprint density at radius 1 is 0.912 bits per heavy atom. The second-order valence-corrected chi connectivity index (χ2v) is 11.3. The predicted molar refractivity (Wildman–Crippen MR) is 131 cm³/mol. The predicted octanol–water partition coefficient (Wildman–Crippen LogP) is 3.13. The van der Waals surface area contributed by atoms with Crippen LogP contribution in [0.15, 0.2) is 53.4 Å². The molecule has 2 saturated heterocycles. The molecule has 2 aliphatic rings. The third-order valence-corrected chi connectivity index (χ3v) is 8.79. The lowest BCUT2D eigenvalue weighted by Gasteiger charge is -2.36. The van der Waals surface area contributed by atoms with Crippen LogP contribution in [-0.4, -0.2) is 61.7 Å². The maximum atomic E-state index is 13.4. The number of piperidine rings is 1. The van der Waals surface area contributed by atoms with Crippen LogP contribution in [0.5, 0.6) is 0 Å². The highest BCUT2D eigenvalue weighted by Crippen LogP contribution is 2.28. The molecule has 1 N–H and O–H groups in total. The summed E-state index contributed by atoms with van der Waals surface area (Å²) >= 11 is 0. The zero-order valence-electron chi connectivity index (χ0n) is 19.9. The lowest BCUT2D eigenvalue weighted by molar-refractivity contribution is -0.133. The third kappa shape index (κ3) is 5.33. The normalized spacial score (nSPS) is 18.6. The number of hydrogen-bond donors (Lipinski definition) is 1. The fourth-order valence-electron chi connectivity index (χ4n) is 4.84. The van der Waals surface area contributed by atoms with E-state index >= 15 is 0 Å². The van der Waals surface area contributed by atoms with Gasteiger partial charge in [0.15, 0.2) is 0 Å². The number of nitrogens with one attached hydrogen (secondary N) is 1. The van der Waals surface area contributed by atoms with Crippen molar-refractivity contribution in [1.82, 2.24) is 14.5 Å². The standard InChI is InChI=1S/C26H33N3O4S/c1-19-8-10-23(11-9-19)34(32,33)29-16-12-21(13-17-29)24(26(31)28-14-3-4-15-28)27-25(30)22-7-5-6-20(2)18-22/h5-11,18,21,24H,3-4,12-17H2,1-2H3,(H,27,30). The van der Waals surface area contributed by atoms with E-state index in [1.807, 2.05) is 36.9 Å². The topological polar surface area (TPSA) is 86.8 Å². The Morgan fingerprint density at radius 2 is 1.56 bits per heavy atom. The van der Waals surface area contributed by atoms with Gasteiger partial charge in [-0.3, -0.25) is 9.59 Å². The molecular formula is C26H33N3O4S. The minimum atomic E-state index is -3.58. The van der Waals surface area contributed by atoms with Gasteiger partial charge in [-0.15, -0.1) is 0 Å². The third-order valence-electron chi connectivity index (χ3n) is 6.88. The summed E-state index contributed by atoms with van der Waals surface area (Å²) in [4.78, 5) is 28.5. The van der Waals surface area contributed by atoms with E-state index in [0.29, 0.717) is 44.6 Å². The number of carbonyl (C=O) groups is 2. The van der Waals surface area contributed by atoms with E-state index in [9.17, 15) is 18.0 Å². The van der Waals surface area contributed by atoms with Crippen molar-refractivity contribution in [2.45, 2.75) is 50.5 Å². The molecule has 7 nitrogen and oxygen atoms in total. The van der Waals surface area contributed by atoms with Crippen molar-refractivity contribution in [2.24, 2.45) is 5.92 Å². The van der Waals surface area contributed by atoms with E-state index in [0.717, 1.165) is 24.0 Å². The van der Waals surface area contributed by atoms with Crippen LogP contribution in [0.2, 0.25) is 0 Å². The van der Waals surface area contributed by atoms with Crippen molar-refractivity contribution >= 4 is 21.8 Å². The molecule has 0 aromatic heterocycles. The summed E-state index contributed by atoms with van der Waals surface area (Å²) in [7, 11) is -3.58. The summed E-state index contributed by atoms with van der Waals surface area (Å²) < 4.78 is 27.7. The lowest BCUT2D eigenvalue weighted by atomic mass is 9.89. The summed E-state index contributed by atoms with van der Waals surface area (Å²) in [5, 5.41) is 3.00. The first-order valence-electron chi connectivity index (χ1n) is 12.0. The van der Waals surface area contributed by atoms with Gasteiger partial charge in [-0.05, 0) is 69.7 Å². The highest BCUT2D eigenvalue weighted by molar-refractivity contribution is 7.89. The molecule has 0 radical (unpaired) electrons. The molecule has 1 atom stereocenters. The van der Waals surface area contributed by atoms with Gasteiger partial charge in [-0.25, -0.2) is 8.42 Å². The summed E-state index contributed by atoms with van der Waals surface area (Å²) in [5.74, 6) is -0.444. The van der Waals surface area contributed by atoms with Crippen molar-refractivity contribution in [1.29, 1.82) is 0 Å².